The van der Waals surface area contributed by atoms with E-state index in [1.165, 1.54) is 7.11 Å². The van der Waals surface area contributed by atoms with Gasteiger partial charge in [-0.25, -0.2) is 4.79 Å². The maximum absolute atomic E-state index is 12.2. The molecule has 0 unspecified atom stereocenters. The Balaban J connectivity index is 2.20. The molecule has 120 valence electrons. The fraction of sp³-hybridized carbons (Fsp3) is 0.545. The summed E-state index contributed by atoms with van der Waals surface area (Å²) in [6, 6.07) is 0. The highest BCUT2D eigenvalue weighted by molar-refractivity contribution is 7.16. The number of aromatic amines is 1. The number of aliphatic hydroxyl groups excluding tert-OH is 3. The SMILES string of the molecule is COc1nc(=O)[nH]c2c1sc(=O)n2[C@@H]1O[C@H](CO)[C@@H](O)[C@H]1O. The van der Waals surface area contributed by atoms with E-state index >= 15 is 0 Å². The summed E-state index contributed by atoms with van der Waals surface area (Å²) in [4.78, 5) is 29.2. The highest BCUT2D eigenvalue weighted by atomic mass is 32.1. The summed E-state index contributed by atoms with van der Waals surface area (Å²) >= 11 is 0.752. The molecule has 4 atom stereocenters. The van der Waals surface area contributed by atoms with E-state index in [4.69, 9.17) is 14.6 Å². The zero-order valence-corrected chi connectivity index (χ0v) is 12.1. The molecule has 3 heterocycles. The Bertz CT molecular complexity index is 812. The van der Waals surface area contributed by atoms with Crippen LogP contribution in [0.5, 0.6) is 5.88 Å². The summed E-state index contributed by atoms with van der Waals surface area (Å²) in [6.07, 6.45) is -5.06. The molecule has 4 N–H and O–H groups in total. The van der Waals surface area contributed by atoms with E-state index in [0.717, 1.165) is 15.9 Å². The number of nitrogens with one attached hydrogen (secondary N) is 1. The Labute approximate surface area is 126 Å². The van der Waals surface area contributed by atoms with Crippen LogP contribution in [0, 0.1) is 0 Å². The summed E-state index contributed by atoms with van der Waals surface area (Å²) in [5.74, 6) is -0.0219. The van der Waals surface area contributed by atoms with Crippen molar-refractivity contribution in [2.45, 2.75) is 24.5 Å². The average Bonchev–Trinajstić information content (AvgIpc) is 2.96. The summed E-state index contributed by atoms with van der Waals surface area (Å²) in [6.45, 7) is -0.521. The first-order chi connectivity index (χ1) is 10.5. The first-order valence-corrected chi connectivity index (χ1v) is 7.11. The molecule has 3 rings (SSSR count). The Morgan fingerprint density at radius 2 is 2.14 bits per heavy atom. The third-order valence-corrected chi connectivity index (χ3v) is 4.37. The number of aromatic nitrogens is 3. The average molecular weight is 331 g/mol. The maximum atomic E-state index is 12.2. The van der Waals surface area contributed by atoms with Crippen LogP contribution >= 0.6 is 11.3 Å². The number of thiazole rings is 1. The number of rotatable bonds is 3. The second kappa shape index (κ2) is 5.44. The van der Waals surface area contributed by atoms with Crippen molar-refractivity contribution in [1.29, 1.82) is 0 Å². The molecule has 0 spiro atoms. The van der Waals surface area contributed by atoms with Crippen LogP contribution in [-0.4, -0.2) is 61.9 Å². The van der Waals surface area contributed by atoms with Crippen LogP contribution in [0.2, 0.25) is 0 Å². The van der Waals surface area contributed by atoms with Gasteiger partial charge >= 0.3 is 10.6 Å². The van der Waals surface area contributed by atoms with Gasteiger partial charge in [0.1, 0.15) is 28.7 Å². The molecular weight excluding hydrogens is 318 g/mol. The minimum Gasteiger partial charge on any atom is -0.480 e. The highest BCUT2D eigenvalue weighted by Crippen LogP contribution is 2.32. The fourth-order valence-electron chi connectivity index (χ4n) is 2.38. The van der Waals surface area contributed by atoms with Crippen LogP contribution in [0.25, 0.3) is 10.3 Å². The predicted molar refractivity (Wildman–Crippen MR) is 74.1 cm³/mol. The van der Waals surface area contributed by atoms with Crippen molar-refractivity contribution in [3.8, 4) is 5.88 Å². The number of methoxy groups -OCH3 is 1. The van der Waals surface area contributed by atoms with E-state index < -0.39 is 41.7 Å². The van der Waals surface area contributed by atoms with Gasteiger partial charge in [0.05, 0.1) is 13.7 Å². The molecule has 0 amide bonds. The fourth-order valence-corrected chi connectivity index (χ4v) is 3.31. The molecule has 1 aliphatic heterocycles. The van der Waals surface area contributed by atoms with Crippen LogP contribution in [0.1, 0.15) is 6.23 Å². The molecule has 2 aromatic rings. The van der Waals surface area contributed by atoms with Crippen molar-refractivity contribution in [2.24, 2.45) is 0 Å². The molecule has 1 saturated heterocycles. The van der Waals surface area contributed by atoms with Gasteiger partial charge in [-0.15, -0.1) is 0 Å². The minimum absolute atomic E-state index is 0.0219. The number of H-pyrrole nitrogens is 1. The predicted octanol–water partition coefficient (Wildman–Crippen LogP) is -2.23. The summed E-state index contributed by atoms with van der Waals surface area (Å²) < 4.78 is 11.6. The van der Waals surface area contributed by atoms with Crippen molar-refractivity contribution in [1.82, 2.24) is 14.5 Å². The van der Waals surface area contributed by atoms with E-state index in [-0.39, 0.29) is 16.2 Å². The van der Waals surface area contributed by atoms with Gasteiger partial charge in [0, 0.05) is 0 Å². The number of hydrogen-bond donors (Lipinski definition) is 4. The van der Waals surface area contributed by atoms with Crippen LogP contribution in [0.4, 0.5) is 0 Å². The first-order valence-electron chi connectivity index (χ1n) is 6.29. The van der Waals surface area contributed by atoms with Gasteiger partial charge in [-0.1, -0.05) is 11.3 Å². The lowest BCUT2D eigenvalue weighted by molar-refractivity contribution is -0.0518. The van der Waals surface area contributed by atoms with Crippen LogP contribution < -0.4 is 15.3 Å². The molecule has 22 heavy (non-hydrogen) atoms. The van der Waals surface area contributed by atoms with Gasteiger partial charge in [0.25, 0.3) is 0 Å². The smallest absolute Gasteiger partial charge is 0.349 e. The molecular formula is C11H13N3O7S. The van der Waals surface area contributed by atoms with Gasteiger partial charge in [0.2, 0.25) is 5.88 Å². The molecule has 2 aromatic heterocycles. The van der Waals surface area contributed by atoms with Crippen molar-refractivity contribution >= 4 is 21.7 Å². The number of ether oxygens (including phenoxy) is 2. The van der Waals surface area contributed by atoms with Crippen molar-refractivity contribution in [2.75, 3.05) is 13.7 Å². The molecule has 11 heteroatoms. The highest BCUT2D eigenvalue weighted by Gasteiger charge is 2.44. The van der Waals surface area contributed by atoms with Crippen LogP contribution in [-0.2, 0) is 4.74 Å². The van der Waals surface area contributed by atoms with Crippen molar-refractivity contribution in [3.05, 3.63) is 20.2 Å². The lowest BCUT2D eigenvalue weighted by atomic mass is 10.1. The number of hydrogen-bond acceptors (Lipinski definition) is 9. The van der Waals surface area contributed by atoms with Gasteiger partial charge in [-0.3, -0.25) is 14.3 Å². The standard InChI is InChI=1S/C11H13N3O7S/c1-20-8-6-7(12-10(18)13-8)14(11(19)22-6)9-5(17)4(16)3(2-15)21-9/h3-5,9,15-17H,2H2,1H3,(H,12,13,18)/t3-,4-,5-,9-/m1/s1. The molecule has 10 nitrogen and oxygen atoms in total. The molecule has 1 aliphatic rings. The van der Waals surface area contributed by atoms with Gasteiger partial charge in [0.15, 0.2) is 6.23 Å². The van der Waals surface area contributed by atoms with E-state index in [1.807, 2.05) is 0 Å². The monoisotopic (exact) mass is 331 g/mol. The van der Waals surface area contributed by atoms with Gasteiger partial charge < -0.3 is 24.8 Å². The second-order valence-corrected chi connectivity index (χ2v) is 5.66. The Kier molecular flexibility index (Phi) is 3.74. The summed E-state index contributed by atoms with van der Waals surface area (Å²) in [7, 11) is 1.31. The zero-order chi connectivity index (χ0) is 16.0. The second-order valence-electron chi connectivity index (χ2n) is 4.70. The summed E-state index contributed by atoms with van der Waals surface area (Å²) in [5, 5.41) is 28.9. The van der Waals surface area contributed by atoms with E-state index in [2.05, 4.69) is 9.97 Å². The molecule has 0 saturated carbocycles. The third-order valence-electron chi connectivity index (χ3n) is 3.43. The third kappa shape index (κ3) is 2.14. The minimum atomic E-state index is -1.43. The van der Waals surface area contributed by atoms with Crippen LogP contribution in [0.15, 0.2) is 9.59 Å². The molecule has 0 aromatic carbocycles. The number of aliphatic hydroxyl groups is 3. The molecule has 0 bridgehead atoms. The Hall–Kier alpha value is -1.79. The first kappa shape index (κ1) is 15.1. The van der Waals surface area contributed by atoms with E-state index in [1.54, 1.807) is 0 Å². The lowest BCUT2D eigenvalue weighted by Gasteiger charge is -2.16. The topological polar surface area (TPSA) is 147 Å². The van der Waals surface area contributed by atoms with Crippen molar-refractivity contribution in [3.63, 3.8) is 0 Å². The Morgan fingerprint density at radius 1 is 1.41 bits per heavy atom. The largest absolute Gasteiger partial charge is 0.480 e. The molecule has 0 radical (unpaired) electrons. The Morgan fingerprint density at radius 3 is 2.73 bits per heavy atom. The van der Waals surface area contributed by atoms with Crippen molar-refractivity contribution < 1.29 is 24.8 Å². The number of fused-ring (bicyclic) bond motifs is 1. The van der Waals surface area contributed by atoms with Gasteiger partial charge in [-0.05, 0) is 0 Å². The zero-order valence-electron chi connectivity index (χ0n) is 11.3. The van der Waals surface area contributed by atoms with Gasteiger partial charge in [-0.2, -0.15) is 4.98 Å². The quantitative estimate of drug-likeness (QED) is 0.494. The lowest BCUT2D eigenvalue weighted by Crippen LogP contribution is -2.34. The molecule has 0 aliphatic carbocycles. The normalized spacial score (nSPS) is 28.4. The summed E-state index contributed by atoms with van der Waals surface area (Å²) in [5.41, 5.74) is -0.663. The molecule has 1 fully saturated rings. The van der Waals surface area contributed by atoms with E-state index in [0.29, 0.717) is 0 Å². The van der Waals surface area contributed by atoms with E-state index in [9.17, 15) is 19.8 Å². The maximum Gasteiger partial charge on any atom is 0.349 e. The van der Waals surface area contributed by atoms with Crippen LogP contribution in [0.3, 0.4) is 0 Å². The number of nitrogens with zero attached hydrogens (tertiary/aromatic N) is 2.